The van der Waals surface area contributed by atoms with Crippen LogP contribution < -0.4 is 5.32 Å². The van der Waals surface area contributed by atoms with Crippen molar-refractivity contribution in [3.05, 3.63) is 42.2 Å². The minimum absolute atomic E-state index is 0.894. The molecule has 0 atom stereocenters. The predicted octanol–water partition coefficient (Wildman–Crippen LogP) is 3.17. The third kappa shape index (κ3) is 2.54. The number of hydrogen-bond acceptors (Lipinski definition) is 2. The fraction of sp³-hybridized carbons (Fsp3) is 0.438. The van der Waals surface area contributed by atoms with E-state index < -0.39 is 0 Å². The highest BCUT2D eigenvalue weighted by molar-refractivity contribution is 5.84. The van der Waals surface area contributed by atoms with Gasteiger partial charge in [-0.05, 0) is 55.6 Å². The number of nitrogens with zero attached hydrogens (tertiary/aromatic N) is 1. The Morgan fingerprint density at radius 1 is 1.11 bits per heavy atom. The molecule has 18 heavy (non-hydrogen) atoms. The Balaban J connectivity index is 1.74. The van der Waals surface area contributed by atoms with Gasteiger partial charge in [-0.2, -0.15) is 0 Å². The highest BCUT2D eigenvalue weighted by Crippen LogP contribution is 2.22. The molecule has 1 aromatic heterocycles. The van der Waals surface area contributed by atoms with E-state index in [2.05, 4.69) is 34.6 Å². The third-order valence-electron chi connectivity index (χ3n) is 4.03. The zero-order chi connectivity index (χ0) is 12.2. The molecule has 2 heterocycles. The monoisotopic (exact) mass is 240 g/mol. The van der Waals surface area contributed by atoms with Gasteiger partial charge in [-0.15, -0.1) is 0 Å². The van der Waals surface area contributed by atoms with Gasteiger partial charge in [0.05, 0.1) is 0 Å². The topological polar surface area (TPSA) is 24.9 Å². The number of fused-ring (bicyclic) bond motifs is 1. The molecule has 1 aliphatic heterocycles. The van der Waals surface area contributed by atoms with Crippen LogP contribution >= 0.6 is 0 Å². The first-order valence-corrected chi connectivity index (χ1v) is 6.96. The maximum absolute atomic E-state index is 4.36. The van der Waals surface area contributed by atoms with E-state index in [1.807, 2.05) is 12.4 Å². The van der Waals surface area contributed by atoms with Crippen molar-refractivity contribution in [1.29, 1.82) is 0 Å². The Kier molecular flexibility index (Phi) is 3.56. The maximum atomic E-state index is 4.36. The fourth-order valence-electron chi connectivity index (χ4n) is 2.91. The van der Waals surface area contributed by atoms with Crippen LogP contribution in [0.4, 0.5) is 0 Å². The van der Waals surface area contributed by atoms with Crippen molar-refractivity contribution in [1.82, 2.24) is 10.3 Å². The van der Waals surface area contributed by atoms with Crippen LogP contribution in [0, 0.1) is 5.92 Å². The number of hydrogen-bond donors (Lipinski definition) is 1. The highest BCUT2D eigenvalue weighted by Gasteiger charge is 2.13. The van der Waals surface area contributed by atoms with Gasteiger partial charge in [-0.1, -0.05) is 24.3 Å². The third-order valence-corrected chi connectivity index (χ3v) is 4.03. The summed E-state index contributed by atoms with van der Waals surface area (Å²) < 4.78 is 0. The van der Waals surface area contributed by atoms with Crippen molar-refractivity contribution in [2.24, 2.45) is 5.92 Å². The SMILES string of the molecule is c1ccc2c(CCC3CCNCC3)cncc2c1. The van der Waals surface area contributed by atoms with Gasteiger partial charge in [0.25, 0.3) is 0 Å². The molecule has 0 spiro atoms. The van der Waals surface area contributed by atoms with Gasteiger partial charge in [0.15, 0.2) is 0 Å². The van der Waals surface area contributed by atoms with E-state index in [1.165, 1.54) is 55.1 Å². The van der Waals surface area contributed by atoms with Gasteiger partial charge in [-0.25, -0.2) is 0 Å². The summed E-state index contributed by atoms with van der Waals surface area (Å²) in [5, 5.41) is 6.07. The second kappa shape index (κ2) is 5.49. The van der Waals surface area contributed by atoms with Crippen LogP contribution in [-0.2, 0) is 6.42 Å². The molecule has 94 valence electrons. The number of pyridine rings is 1. The van der Waals surface area contributed by atoms with Crippen molar-refractivity contribution < 1.29 is 0 Å². The fourth-order valence-corrected chi connectivity index (χ4v) is 2.91. The molecule has 0 amide bonds. The number of rotatable bonds is 3. The van der Waals surface area contributed by atoms with Crippen molar-refractivity contribution in [2.45, 2.75) is 25.7 Å². The molecule has 0 radical (unpaired) electrons. The minimum atomic E-state index is 0.894. The number of aromatic nitrogens is 1. The summed E-state index contributed by atoms with van der Waals surface area (Å²) in [4.78, 5) is 4.36. The molecule has 2 nitrogen and oxygen atoms in total. The largest absolute Gasteiger partial charge is 0.317 e. The van der Waals surface area contributed by atoms with E-state index in [0.717, 1.165) is 5.92 Å². The van der Waals surface area contributed by atoms with Gasteiger partial charge < -0.3 is 5.32 Å². The summed E-state index contributed by atoms with van der Waals surface area (Å²) in [5.41, 5.74) is 1.41. The molecule has 0 saturated carbocycles. The Labute approximate surface area is 108 Å². The lowest BCUT2D eigenvalue weighted by atomic mass is 9.91. The zero-order valence-corrected chi connectivity index (χ0v) is 10.7. The first kappa shape index (κ1) is 11.7. The van der Waals surface area contributed by atoms with Crippen LogP contribution in [0.15, 0.2) is 36.7 Å². The summed E-state index contributed by atoms with van der Waals surface area (Å²) in [6.07, 6.45) is 9.14. The molecule has 1 aromatic carbocycles. The number of piperidine rings is 1. The molecular formula is C16H20N2. The van der Waals surface area contributed by atoms with E-state index in [4.69, 9.17) is 0 Å². The Morgan fingerprint density at radius 2 is 1.94 bits per heavy atom. The van der Waals surface area contributed by atoms with Crippen molar-refractivity contribution in [3.8, 4) is 0 Å². The second-order valence-corrected chi connectivity index (χ2v) is 5.25. The van der Waals surface area contributed by atoms with Crippen LogP contribution in [-0.4, -0.2) is 18.1 Å². The van der Waals surface area contributed by atoms with E-state index in [1.54, 1.807) is 0 Å². The van der Waals surface area contributed by atoms with Crippen LogP contribution in [0.1, 0.15) is 24.8 Å². The molecule has 0 aliphatic carbocycles. The molecule has 1 aliphatic rings. The van der Waals surface area contributed by atoms with Crippen molar-refractivity contribution >= 4 is 10.8 Å². The van der Waals surface area contributed by atoms with Crippen molar-refractivity contribution in [2.75, 3.05) is 13.1 Å². The van der Waals surface area contributed by atoms with E-state index in [0.29, 0.717) is 0 Å². The average Bonchev–Trinajstić information content (AvgIpc) is 2.46. The number of benzene rings is 1. The summed E-state index contributed by atoms with van der Waals surface area (Å²) in [5.74, 6) is 0.894. The summed E-state index contributed by atoms with van der Waals surface area (Å²) in [6.45, 7) is 2.39. The first-order chi connectivity index (χ1) is 8.93. The lowest BCUT2D eigenvalue weighted by Crippen LogP contribution is -2.27. The van der Waals surface area contributed by atoms with Gasteiger partial charge in [0.2, 0.25) is 0 Å². The Morgan fingerprint density at radius 3 is 2.83 bits per heavy atom. The van der Waals surface area contributed by atoms with E-state index >= 15 is 0 Å². The molecule has 2 heteroatoms. The minimum Gasteiger partial charge on any atom is -0.317 e. The summed E-state index contributed by atoms with van der Waals surface area (Å²) >= 11 is 0. The highest BCUT2D eigenvalue weighted by atomic mass is 14.9. The zero-order valence-electron chi connectivity index (χ0n) is 10.7. The summed E-state index contributed by atoms with van der Waals surface area (Å²) in [6, 6.07) is 8.57. The van der Waals surface area contributed by atoms with Gasteiger partial charge in [-0.3, -0.25) is 4.98 Å². The van der Waals surface area contributed by atoms with Crippen LogP contribution in [0.5, 0.6) is 0 Å². The van der Waals surface area contributed by atoms with E-state index in [-0.39, 0.29) is 0 Å². The number of aryl methyl sites for hydroxylation is 1. The standard InChI is InChI=1S/C16H20N2/c1-2-4-16-14(3-1)11-18-12-15(16)6-5-13-7-9-17-10-8-13/h1-4,11-13,17H,5-10H2. The molecule has 1 saturated heterocycles. The first-order valence-electron chi connectivity index (χ1n) is 6.96. The van der Waals surface area contributed by atoms with Gasteiger partial charge in [0, 0.05) is 17.8 Å². The predicted molar refractivity (Wildman–Crippen MR) is 75.7 cm³/mol. The Hall–Kier alpha value is -1.41. The number of nitrogens with one attached hydrogen (secondary N) is 1. The molecule has 1 fully saturated rings. The average molecular weight is 240 g/mol. The molecule has 2 aromatic rings. The normalized spacial score (nSPS) is 17.1. The quantitative estimate of drug-likeness (QED) is 0.891. The molecule has 3 rings (SSSR count). The molecule has 0 bridgehead atoms. The van der Waals surface area contributed by atoms with E-state index in [9.17, 15) is 0 Å². The second-order valence-electron chi connectivity index (χ2n) is 5.25. The van der Waals surface area contributed by atoms with Crippen LogP contribution in [0.2, 0.25) is 0 Å². The van der Waals surface area contributed by atoms with Crippen LogP contribution in [0.25, 0.3) is 10.8 Å². The molecular weight excluding hydrogens is 220 g/mol. The maximum Gasteiger partial charge on any atom is 0.0346 e. The Bertz CT molecular complexity index is 510. The van der Waals surface area contributed by atoms with Gasteiger partial charge in [0.1, 0.15) is 0 Å². The van der Waals surface area contributed by atoms with Crippen LogP contribution in [0.3, 0.4) is 0 Å². The summed E-state index contributed by atoms with van der Waals surface area (Å²) in [7, 11) is 0. The van der Waals surface area contributed by atoms with Gasteiger partial charge >= 0.3 is 0 Å². The molecule has 0 unspecified atom stereocenters. The van der Waals surface area contributed by atoms with Crippen molar-refractivity contribution in [3.63, 3.8) is 0 Å². The molecule has 1 N–H and O–H groups in total. The lowest BCUT2D eigenvalue weighted by Gasteiger charge is -2.22. The smallest absolute Gasteiger partial charge is 0.0346 e. The lowest BCUT2D eigenvalue weighted by molar-refractivity contribution is 0.354.